The Morgan fingerprint density at radius 1 is 0.547 bits per heavy atom. The second kappa shape index (κ2) is 50.2. The van der Waals surface area contributed by atoms with Crippen molar-refractivity contribution in [2.45, 2.75) is 98.7 Å². The minimum atomic E-state index is -3.26. The molecule has 54 heteroatoms. The summed E-state index contributed by atoms with van der Waals surface area (Å²) in [6.07, 6.45) is 8.36. The molecule has 0 atom stereocenters. The molecule has 12 aromatic rings. The van der Waals surface area contributed by atoms with E-state index in [0.717, 1.165) is 162 Å². The number of carbonyl (C=O) groups excluding carboxylic acids is 1. The maximum Gasteiger partial charge on any atom is 0.592 e. The van der Waals surface area contributed by atoms with Gasteiger partial charge in [0.15, 0.2) is 15.0 Å². The van der Waals surface area contributed by atoms with Gasteiger partial charge in [0, 0.05) is 128 Å². The minimum absolute atomic E-state index is 0. The van der Waals surface area contributed by atoms with Crippen LogP contribution < -0.4 is 66.3 Å². The van der Waals surface area contributed by atoms with Crippen LogP contribution in [0.15, 0.2) is 66.9 Å². The second-order valence-corrected chi connectivity index (χ2v) is 46.9. The molecule has 0 spiro atoms. The number of carbonyl (C=O) groups is 1. The van der Waals surface area contributed by atoms with Gasteiger partial charge in [-0.3, -0.25) is 13.5 Å². The fourth-order valence-corrected chi connectivity index (χ4v) is 21.2. The highest BCUT2D eigenvalue weighted by Crippen LogP contribution is 2.46. The number of nitrogens with zero attached hydrogens (tertiary/aromatic N) is 15. The Hall–Kier alpha value is -7.15. The van der Waals surface area contributed by atoms with Gasteiger partial charge in [-0.2, -0.15) is 0 Å². The maximum absolute atomic E-state index is 12.2. The molecule has 1 amide bonds. The van der Waals surface area contributed by atoms with E-state index in [2.05, 4.69) is 136 Å². The minimum Gasteiger partial charge on any atom is -1.00 e. The number of ether oxygens (including phenoxy) is 8. The Labute approximate surface area is 861 Å². The van der Waals surface area contributed by atoms with Crippen LogP contribution in [0.25, 0.3) is 74.6 Å². The molecule has 0 unspecified atom stereocenters. The van der Waals surface area contributed by atoms with Crippen molar-refractivity contribution in [3.63, 3.8) is 0 Å². The molecule has 0 saturated carbocycles. The van der Waals surface area contributed by atoms with Crippen molar-refractivity contribution in [2.24, 2.45) is 0 Å². The first-order valence-electron chi connectivity index (χ1n) is 41.7. The van der Waals surface area contributed by atoms with Gasteiger partial charge in [0.05, 0.1) is 188 Å². The number of anilines is 5. The fourth-order valence-electron chi connectivity index (χ4n) is 13.3. The number of piperazine rings is 1. The third-order valence-electron chi connectivity index (χ3n) is 20.6. The van der Waals surface area contributed by atoms with Crippen LogP contribution in [0.3, 0.4) is 0 Å². The number of halogens is 11. The Morgan fingerprint density at radius 3 is 1.27 bits per heavy atom. The predicted molar refractivity (Wildman–Crippen MR) is 554 cm³/mol. The number of nitrogens with two attached hydrogens (primary N) is 3. The number of amides is 1. The Morgan fingerprint density at radius 2 is 0.905 bits per heavy atom. The normalized spacial score (nSPS) is 15.3. The molecule has 17 rings (SSSR count). The number of aryl methyl sites for hydroxylation is 4. The third-order valence-corrected chi connectivity index (χ3v) is 31.4. The molecule has 0 radical (unpaired) electrons. The van der Waals surface area contributed by atoms with Crippen molar-refractivity contribution in [2.75, 3.05) is 179 Å². The summed E-state index contributed by atoms with van der Waals surface area (Å²) in [5.41, 5.74) is 27.2. The number of sulfone groups is 1. The Bertz CT molecular complexity index is 6420. The van der Waals surface area contributed by atoms with Crippen LogP contribution >= 0.6 is 155 Å². The van der Waals surface area contributed by atoms with Crippen LogP contribution in [0.2, 0.25) is 15.7 Å². The Kier molecular flexibility index (Phi) is 41.6. The topological polar surface area (TPSA) is 437 Å². The zero-order valence-corrected chi connectivity index (χ0v) is 91.9. The number of hydrogen-bond acceptors (Lipinski definition) is 37. The summed E-state index contributed by atoms with van der Waals surface area (Å²) in [6, 6.07) is 7.18. The summed E-state index contributed by atoms with van der Waals surface area (Å²) in [5.74, 6) is 2.68. The van der Waals surface area contributed by atoms with Crippen LogP contribution in [0, 0.1) is 27.7 Å². The first-order valence-corrected chi connectivity index (χ1v) is 54.1. The van der Waals surface area contributed by atoms with Gasteiger partial charge in [-0.15, -0.1) is 45.3 Å². The van der Waals surface area contributed by atoms with Crippen molar-refractivity contribution in [3.05, 3.63) is 108 Å². The number of nitrogen functional groups attached to an aromatic ring is 3. The molecular weight excluding hydrogens is 2250 g/mol. The molecule has 137 heavy (non-hydrogen) atoms. The van der Waals surface area contributed by atoms with E-state index < -0.39 is 38.9 Å². The van der Waals surface area contributed by atoms with E-state index >= 15 is 0 Å². The number of quaternary nitrogens is 1. The monoisotopic (exact) mass is 2350 g/mol. The highest BCUT2D eigenvalue weighted by atomic mass is 79.9. The summed E-state index contributed by atoms with van der Waals surface area (Å²) in [6.45, 7) is 33.0. The van der Waals surface area contributed by atoms with E-state index in [0.29, 0.717) is 135 Å². The standard InChI is InChI=1S/C19H21BrN4O4S2.C17H18BrN5O2S.C13H10BrClN4OS.C12H19BN2O3.C10H19BF2N2O2.C7H3BrCl2N2S.C4H9NO.CH3ClO2S.FH/c1-11-14(20)16-17(29-11)15(22-19(23-16)24-4-6-28-7-5-24)12-8-13(10-30(3,25)26)18(27-2)21-9-12;1-9-12(18)14-15(26-9)13(10-7-11(19)16(24-2)20-8-10)21-17(22-14)23-3-5-25-6-4-23;1-5-8(14)10-11(21-5)9(18-13(15)19-10)6-3-7(16)12(20-2)17-4-6;1-11(2)12(3,4)18-13(17-11)8-6-9(14)10(16-5)15-7-8;1-10(2,3)17-9(16)15-6-4-14(5-7-15)8-11(12)13;1-2-3(8)4-5(13-2)6(9)12-7(10)11-4;1-3-6-4-2-5-1;1-5(2,3)4;/h8-9H,4-7,10H2,1-3H3;7-8H,3-6,19H2,1-2H3;3-4H,16H2,1-2H3;6-7H,14H2,1-5H3;4-8H2,1-3H3;1H3;5H,1-4H2;1H3;1H. The number of nitrogens with one attached hydrogen (secondary N) is 2. The largest absolute Gasteiger partial charge is 1.00 e. The summed E-state index contributed by atoms with van der Waals surface area (Å²) in [5, 5.41) is 3.93. The lowest BCUT2D eigenvalue weighted by Crippen LogP contribution is -3.15. The molecule has 8 N–H and O–H groups in total. The SMILES string of the molecule is C1COCCN1.CC(C)(C)OC(=O)N1CC[NH+](CB(F)F)CC1.COc1ncc(-c2nc(Cl)nc3c(Br)c(C)sc23)cc1N.COc1ncc(-c2nc(N3CCOCC3)nc3c(Br)c(C)sc23)cc1CS(C)(=O)=O.COc1ncc(-c2nc(N3CCOCC3)nc3c(Br)c(C)sc23)cc1N.COc1ncc(B2OC(C)(C)C(C)(C)O2)cc1N.CS(=O)(=O)Cl.Cc1sc2c(Cl)nc(Cl)nc2c1Br.[F-]. The van der Waals surface area contributed by atoms with Crippen molar-refractivity contribution in [3.8, 4) is 57.3 Å². The van der Waals surface area contributed by atoms with Gasteiger partial charge in [0.1, 0.15) is 34.1 Å². The zero-order chi connectivity index (χ0) is 99.8. The lowest BCUT2D eigenvalue weighted by atomic mass is 9.80. The van der Waals surface area contributed by atoms with Gasteiger partial charge in [-0.25, -0.2) is 81.4 Å². The molecule has 17 heterocycles. The number of methoxy groups -OCH3 is 4. The van der Waals surface area contributed by atoms with E-state index in [-0.39, 0.29) is 44.8 Å². The number of fused-ring (bicyclic) bond motifs is 4. The molecule has 0 bridgehead atoms. The van der Waals surface area contributed by atoms with Crippen LogP contribution in [-0.4, -0.2) is 271 Å². The van der Waals surface area contributed by atoms with Gasteiger partial charge in [0.25, 0.3) is 0 Å². The molecule has 35 nitrogen and oxygen atoms in total. The average Bonchev–Trinajstić information content (AvgIpc) is 1.65. The number of aromatic nitrogens is 12. The fraction of sp³-hybridized carbons (Fsp3) is 0.458. The van der Waals surface area contributed by atoms with Crippen LogP contribution in [0.1, 0.15) is 73.5 Å². The summed E-state index contributed by atoms with van der Waals surface area (Å²) < 4.78 is 128. The summed E-state index contributed by atoms with van der Waals surface area (Å²) >= 11 is 38.3. The highest BCUT2D eigenvalue weighted by Gasteiger charge is 2.52. The number of morpholine rings is 3. The highest BCUT2D eigenvalue weighted by molar-refractivity contribution is 9.11. The number of pyridine rings is 4. The van der Waals surface area contributed by atoms with E-state index in [1.54, 1.807) is 100 Å². The van der Waals surface area contributed by atoms with Crippen LogP contribution in [0.5, 0.6) is 23.5 Å². The van der Waals surface area contributed by atoms with Crippen molar-refractivity contribution < 1.29 is 87.1 Å². The lowest BCUT2D eigenvalue weighted by Gasteiger charge is -2.33. The summed E-state index contributed by atoms with van der Waals surface area (Å²) in [4.78, 5) is 75.7. The van der Waals surface area contributed by atoms with Gasteiger partial charge >= 0.3 is 20.5 Å². The first-order chi connectivity index (χ1) is 64.0. The molecule has 5 aliphatic heterocycles. The van der Waals surface area contributed by atoms with Crippen LogP contribution in [0.4, 0.5) is 42.4 Å². The first kappa shape index (κ1) is 113. The molecule has 0 aliphatic carbocycles. The average molecular weight is 2350 g/mol. The summed E-state index contributed by atoms with van der Waals surface area (Å²) in [7, 11) is 1.41. The van der Waals surface area contributed by atoms with Gasteiger partial charge in [-0.1, -0.05) is 11.6 Å². The molecule has 744 valence electrons. The number of hydrogen-bond donors (Lipinski definition) is 5. The van der Waals surface area contributed by atoms with Gasteiger partial charge in [-0.05, 0) is 187 Å². The molecule has 5 saturated heterocycles. The smallest absolute Gasteiger partial charge is 0.592 e. The van der Waals surface area contributed by atoms with E-state index in [4.69, 9.17) is 119 Å². The number of thiophene rings is 4. The molecule has 5 aliphatic rings. The lowest BCUT2D eigenvalue weighted by molar-refractivity contribution is -0.894. The molecule has 0 aromatic carbocycles. The van der Waals surface area contributed by atoms with E-state index in [9.17, 15) is 30.3 Å². The Balaban J connectivity index is 0.000000182. The van der Waals surface area contributed by atoms with Crippen molar-refractivity contribution >= 4 is 269 Å². The molecular formula is C83H103B2Br4Cl4F3N20O15S6. The quantitative estimate of drug-likeness (QED) is 0.0292. The number of rotatable bonds is 14. The van der Waals surface area contributed by atoms with Crippen LogP contribution in [-0.2, 0) is 52.9 Å². The predicted octanol–water partition coefficient (Wildman–Crippen LogP) is 12.5. The maximum atomic E-state index is 12.2. The zero-order valence-electron chi connectivity index (χ0n) is 77.7. The van der Waals surface area contributed by atoms with Gasteiger partial charge in [0.2, 0.25) is 55.0 Å². The van der Waals surface area contributed by atoms with Gasteiger partial charge < -0.3 is 89.1 Å². The third kappa shape index (κ3) is 31.2. The van der Waals surface area contributed by atoms with Crippen molar-refractivity contribution in [1.29, 1.82) is 0 Å². The second-order valence-electron chi connectivity index (χ2n) is 32.6. The van der Waals surface area contributed by atoms with E-state index in [1.165, 1.54) is 27.6 Å². The van der Waals surface area contributed by atoms with E-state index in [1.807, 2.05) is 75.3 Å². The molecule has 5 fully saturated rings. The molecule has 12 aromatic heterocycles. The van der Waals surface area contributed by atoms with Crippen molar-refractivity contribution in [1.82, 2.24) is 70.0 Å².